The lowest BCUT2D eigenvalue weighted by Crippen LogP contribution is -2.48. The Balaban J connectivity index is 1.38. The highest BCUT2D eigenvalue weighted by molar-refractivity contribution is 6.31. The van der Waals surface area contributed by atoms with E-state index in [9.17, 15) is 9.18 Å². The van der Waals surface area contributed by atoms with Gasteiger partial charge in [0.05, 0.1) is 12.1 Å². The summed E-state index contributed by atoms with van der Waals surface area (Å²) in [5.41, 5.74) is 2.55. The second-order valence-electron chi connectivity index (χ2n) is 7.27. The van der Waals surface area contributed by atoms with Crippen molar-refractivity contribution in [1.29, 1.82) is 0 Å². The van der Waals surface area contributed by atoms with Crippen LogP contribution in [0.3, 0.4) is 0 Å². The minimum Gasteiger partial charge on any atom is -0.353 e. The number of aromatic nitrogens is 2. The quantitative estimate of drug-likeness (QED) is 0.660. The SMILES string of the molecule is O=C(Cc1ccccc1Cl)N[C@@H]1CCCN(c2cc(-c3ccc(F)cc3)[nH]n2)C1. The fraction of sp³-hybridized carbons (Fsp3) is 0.273. The molecule has 0 aliphatic carbocycles. The summed E-state index contributed by atoms with van der Waals surface area (Å²) in [5.74, 6) is 0.535. The summed E-state index contributed by atoms with van der Waals surface area (Å²) < 4.78 is 13.1. The monoisotopic (exact) mass is 412 g/mol. The van der Waals surface area contributed by atoms with Crippen LogP contribution in [-0.2, 0) is 11.2 Å². The number of aromatic amines is 1. The highest BCUT2D eigenvalue weighted by atomic mass is 35.5. The Bertz CT molecular complexity index is 988. The first-order valence-corrected chi connectivity index (χ1v) is 10.1. The van der Waals surface area contributed by atoms with Crippen molar-refractivity contribution in [2.75, 3.05) is 18.0 Å². The Morgan fingerprint density at radius 1 is 1.24 bits per heavy atom. The number of carbonyl (C=O) groups is 1. The van der Waals surface area contributed by atoms with Gasteiger partial charge in [0, 0.05) is 30.2 Å². The molecule has 1 atom stereocenters. The number of nitrogens with zero attached hydrogens (tertiary/aromatic N) is 2. The molecule has 1 aromatic heterocycles. The molecule has 5 nitrogen and oxygen atoms in total. The van der Waals surface area contributed by atoms with E-state index in [2.05, 4.69) is 20.4 Å². The van der Waals surface area contributed by atoms with Gasteiger partial charge in [0.15, 0.2) is 5.82 Å². The average molecular weight is 413 g/mol. The molecule has 2 aromatic carbocycles. The van der Waals surface area contributed by atoms with Crippen LogP contribution in [0.5, 0.6) is 0 Å². The summed E-state index contributed by atoms with van der Waals surface area (Å²) in [7, 11) is 0. The fourth-order valence-corrected chi connectivity index (χ4v) is 3.85. The molecule has 1 aliphatic rings. The number of benzene rings is 2. The van der Waals surface area contributed by atoms with Crippen LogP contribution in [0.4, 0.5) is 10.2 Å². The van der Waals surface area contributed by atoms with Crippen LogP contribution in [0, 0.1) is 5.82 Å². The lowest BCUT2D eigenvalue weighted by atomic mass is 10.0. The molecule has 1 saturated heterocycles. The van der Waals surface area contributed by atoms with Gasteiger partial charge < -0.3 is 10.2 Å². The van der Waals surface area contributed by atoms with E-state index in [0.29, 0.717) is 11.6 Å². The first-order chi connectivity index (χ1) is 14.1. The average Bonchev–Trinajstić information content (AvgIpc) is 3.21. The number of hydrogen-bond donors (Lipinski definition) is 2. The predicted molar refractivity (Wildman–Crippen MR) is 113 cm³/mol. The Hall–Kier alpha value is -2.86. The second-order valence-corrected chi connectivity index (χ2v) is 7.67. The van der Waals surface area contributed by atoms with Gasteiger partial charge >= 0.3 is 0 Å². The molecule has 0 saturated carbocycles. The van der Waals surface area contributed by atoms with E-state index in [0.717, 1.165) is 42.0 Å². The molecular formula is C22H22ClFN4O. The third-order valence-electron chi connectivity index (χ3n) is 5.14. The van der Waals surface area contributed by atoms with Crippen LogP contribution in [0.1, 0.15) is 18.4 Å². The molecular weight excluding hydrogens is 391 g/mol. The molecule has 2 N–H and O–H groups in total. The minimum absolute atomic E-state index is 0.0287. The third kappa shape index (κ3) is 4.77. The summed E-state index contributed by atoms with van der Waals surface area (Å²) in [6.45, 7) is 1.58. The van der Waals surface area contributed by atoms with Crippen molar-refractivity contribution in [1.82, 2.24) is 15.5 Å². The largest absolute Gasteiger partial charge is 0.353 e. The predicted octanol–water partition coefficient (Wildman–Crippen LogP) is 4.20. The van der Waals surface area contributed by atoms with E-state index in [1.807, 2.05) is 24.3 Å². The van der Waals surface area contributed by atoms with Gasteiger partial charge in [0.1, 0.15) is 5.82 Å². The van der Waals surface area contributed by atoms with E-state index in [1.54, 1.807) is 18.2 Å². The number of amides is 1. The second kappa shape index (κ2) is 8.66. The van der Waals surface area contributed by atoms with Gasteiger partial charge in [0.2, 0.25) is 5.91 Å². The number of rotatable bonds is 5. The lowest BCUT2D eigenvalue weighted by Gasteiger charge is -2.33. The summed E-state index contributed by atoms with van der Waals surface area (Å²) in [6, 6.07) is 15.7. The Labute approximate surface area is 173 Å². The Morgan fingerprint density at radius 3 is 2.83 bits per heavy atom. The molecule has 0 bridgehead atoms. The van der Waals surface area contributed by atoms with Crippen molar-refractivity contribution in [2.24, 2.45) is 0 Å². The van der Waals surface area contributed by atoms with Crippen molar-refractivity contribution in [3.8, 4) is 11.3 Å². The first-order valence-electron chi connectivity index (χ1n) is 9.67. The van der Waals surface area contributed by atoms with Gasteiger partial charge in [-0.1, -0.05) is 29.8 Å². The smallest absolute Gasteiger partial charge is 0.224 e. The van der Waals surface area contributed by atoms with E-state index in [4.69, 9.17) is 11.6 Å². The van der Waals surface area contributed by atoms with Gasteiger partial charge in [-0.3, -0.25) is 9.89 Å². The van der Waals surface area contributed by atoms with Gasteiger partial charge in [-0.25, -0.2) is 4.39 Å². The zero-order chi connectivity index (χ0) is 20.2. The molecule has 1 aliphatic heterocycles. The third-order valence-corrected chi connectivity index (χ3v) is 5.51. The number of carbonyl (C=O) groups excluding carboxylic acids is 1. The molecule has 7 heteroatoms. The molecule has 1 fully saturated rings. The van der Waals surface area contributed by atoms with Crippen molar-refractivity contribution < 1.29 is 9.18 Å². The first kappa shape index (κ1) is 19.5. The van der Waals surface area contributed by atoms with Gasteiger partial charge in [-0.05, 0) is 54.3 Å². The highest BCUT2D eigenvalue weighted by Gasteiger charge is 2.23. The van der Waals surface area contributed by atoms with Crippen LogP contribution in [0.25, 0.3) is 11.3 Å². The van der Waals surface area contributed by atoms with E-state index in [1.165, 1.54) is 12.1 Å². The standard InChI is InChI=1S/C22H22ClFN4O/c23-19-6-2-1-4-16(19)12-22(29)25-18-5-3-11-28(14-18)21-13-20(26-27-21)15-7-9-17(24)10-8-15/h1-2,4,6-10,13,18H,3,5,11-12,14H2,(H,25,29)(H,26,27)/t18-/m1/s1. The zero-order valence-electron chi connectivity index (χ0n) is 15.9. The number of halogens is 2. The van der Waals surface area contributed by atoms with Crippen LogP contribution < -0.4 is 10.2 Å². The van der Waals surface area contributed by atoms with Crippen molar-refractivity contribution >= 4 is 23.3 Å². The highest BCUT2D eigenvalue weighted by Crippen LogP contribution is 2.24. The summed E-state index contributed by atoms with van der Waals surface area (Å²) in [4.78, 5) is 14.6. The molecule has 1 amide bonds. The van der Waals surface area contributed by atoms with Crippen LogP contribution in [-0.4, -0.2) is 35.2 Å². The van der Waals surface area contributed by atoms with Crippen molar-refractivity contribution in [3.63, 3.8) is 0 Å². The van der Waals surface area contributed by atoms with Crippen LogP contribution in [0.2, 0.25) is 5.02 Å². The van der Waals surface area contributed by atoms with Gasteiger partial charge in [-0.15, -0.1) is 0 Å². The summed E-state index contributed by atoms with van der Waals surface area (Å²) in [5, 5.41) is 11.2. The molecule has 0 spiro atoms. The maximum Gasteiger partial charge on any atom is 0.224 e. The maximum absolute atomic E-state index is 13.1. The number of hydrogen-bond acceptors (Lipinski definition) is 3. The van der Waals surface area contributed by atoms with E-state index >= 15 is 0 Å². The minimum atomic E-state index is -0.264. The number of H-pyrrole nitrogens is 1. The zero-order valence-corrected chi connectivity index (χ0v) is 16.6. The van der Waals surface area contributed by atoms with E-state index in [-0.39, 0.29) is 24.2 Å². The summed E-state index contributed by atoms with van der Waals surface area (Å²) >= 11 is 6.16. The number of piperidine rings is 1. The Morgan fingerprint density at radius 2 is 2.03 bits per heavy atom. The van der Waals surface area contributed by atoms with Gasteiger partial charge in [0.25, 0.3) is 0 Å². The number of nitrogens with one attached hydrogen (secondary N) is 2. The molecule has 29 heavy (non-hydrogen) atoms. The van der Waals surface area contributed by atoms with Gasteiger partial charge in [-0.2, -0.15) is 5.10 Å². The molecule has 4 rings (SSSR count). The van der Waals surface area contributed by atoms with Crippen LogP contribution >= 0.6 is 11.6 Å². The molecule has 2 heterocycles. The molecule has 3 aromatic rings. The Kier molecular flexibility index (Phi) is 5.81. The molecule has 0 unspecified atom stereocenters. The lowest BCUT2D eigenvalue weighted by molar-refractivity contribution is -0.121. The molecule has 150 valence electrons. The maximum atomic E-state index is 13.1. The molecule has 0 radical (unpaired) electrons. The fourth-order valence-electron chi connectivity index (χ4n) is 3.65. The van der Waals surface area contributed by atoms with Crippen molar-refractivity contribution in [3.05, 3.63) is 71.0 Å². The summed E-state index contributed by atoms with van der Waals surface area (Å²) in [6.07, 6.45) is 2.17. The normalized spacial score (nSPS) is 16.6. The van der Waals surface area contributed by atoms with E-state index < -0.39 is 0 Å². The topological polar surface area (TPSA) is 61.0 Å². The number of anilines is 1. The van der Waals surface area contributed by atoms with Crippen LogP contribution in [0.15, 0.2) is 54.6 Å². The van der Waals surface area contributed by atoms with Crippen molar-refractivity contribution in [2.45, 2.75) is 25.3 Å².